The topological polar surface area (TPSA) is 30.8 Å². The summed E-state index contributed by atoms with van der Waals surface area (Å²) in [4.78, 5) is 4.55. The third kappa shape index (κ3) is 4.32. The fourth-order valence-electron chi connectivity index (χ4n) is 2.32. The van der Waals surface area contributed by atoms with E-state index in [1.54, 1.807) is 18.2 Å². The van der Waals surface area contributed by atoms with Gasteiger partial charge in [-0.3, -0.25) is 0 Å². The molecule has 130 valence electrons. The molecule has 4 heteroatoms. The van der Waals surface area contributed by atoms with Gasteiger partial charge in [0.05, 0.1) is 10.7 Å². The van der Waals surface area contributed by atoms with Crippen molar-refractivity contribution in [2.45, 2.75) is 6.92 Å². The minimum atomic E-state index is 0.359. The van der Waals surface area contributed by atoms with E-state index < -0.39 is 0 Å². The lowest BCUT2D eigenvalue weighted by molar-refractivity contribution is 0.479. The molecular formula is C22H18ClNO2. The highest BCUT2D eigenvalue weighted by atomic mass is 35.5. The normalized spacial score (nSPS) is 11.1. The van der Waals surface area contributed by atoms with E-state index in [0.717, 1.165) is 22.7 Å². The van der Waals surface area contributed by atoms with Gasteiger partial charge in [0.25, 0.3) is 0 Å². The van der Waals surface area contributed by atoms with Crippen molar-refractivity contribution in [1.29, 1.82) is 0 Å². The van der Waals surface area contributed by atoms with Gasteiger partial charge in [-0.25, -0.2) is 4.99 Å². The minimum Gasteiger partial charge on any atom is -0.457 e. The molecule has 0 radical (unpaired) electrons. The zero-order chi connectivity index (χ0) is 18.4. The van der Waals surface area contributed by atoms with E-state index in [1.165, 1.54) is 0 Å². The lowest BCUT2D eigenvalue weighted by atomic mass is 10.2. The van der Waals surface area contributed by atoms with Gasteiger partial charge in [0, 0.05) is 5.56 Å². The fraction of sp³-hybridized carbons (Fsp3) is 0.0455. The number of nitrogens with zero attached hydrogens (tertiary/aromatic N) is 1. The molecule has 3 aromatic carbocycles. The molecule has 0 N–H and O–H groups in total. The van der Waals surface area contributed by atoms with Crippen LogP contribution in [0.4, 0.5) is 5.69 Å². The molecule has 0 saturated carbocycles. The van der Waals surface area contributed by atoms with Gasteiger partial charge in [-0.15, -0.1) is 0 Å². The SMILES string of the molecule is C=CC(=Nc1cccc(Oc2ccccc2)c1C)Oc1ccccc1Cl. The number of hydrogen-bond acceptors (Lipinski definition) is 3. The quantitative estimate of drug-likeness (QED) is 0.371. The number of para-hydroxylation sites is 2. The van der Waals surface area contributed by atoms with Crippen molar-refractivity contribution < 1.29 is 9.47 Å². The maximum atomic E-state index is 6.14. The van der Waals surface area contributed by atoms with Crippen molar-refractivity contribution in [3.05, 3.63) is 96.0 Å². The van der Waals surface area contributed by atoms with Crippen LogP contribution in [0.2, 0.25) is 5.02 Å². The number of halogens is 1. The minimum absolute atomic E-state index is 0.359. The van der Waals surface area contributed by atoms with Crippen LogP contribution in [0.5, 0.6) is 17.2 Å². The summed E-state index contributed by atoms with van der Waals surface area (Å²) in [5.41, 5.74) is 1.64. The third-order valence-electron chi connectivity index (χ3n) is 3.68. The molecule has 0 amide bonds. The van der Waals surface area contributed by atoms with Crippen molar-refractivity contribution in [2.24, 2.45) is 4.99 Å². The van der Waals surface area contributed by atoms with E-state index in [0.29, 0.717) is 16.7 Å². The molecule has 0 aliphatic rings. The first-order valence-corrected chi connectivity index (χ1v) is 8.51. The van der Waals surface area contributed by atoms with Crippen LogP contribution in [0.15, 0.2) is 90.4 Å². The van der Waals surface area contributed by atoms with Crippen molar-refractivity contribution in [3.63, 3.8) is 0 Å². The van der Waals surface area contributed by atoms with Crippen molar-refractivity contribution in [2.75, 3.05) is 0 Å². The van der Waals surface area contributed by atoms with Gasteiger partial charge in [0.2, 0.25) is 5.90 Å². The molecule has 0 aliphatic carbocycles. The molecule has 0 fully saturated rings. The van der Waals surface area contributed by atoms with Gasteiger partial charge in [0.15, 0.2) is 0 Å². The summed E-state index contributed by atoms with van der Waals surface area (Å²) in [6.07, 6.45) is 1.55. The van der Waals surface area contributed by atoms with Crippen LogP contribution in [0.1, 0.15) is 5.56 Å². The van der Waals surface area contributed by atoms with E-state index in [-0.39, 0.29) is 0 Å². The molecule has 26 heavy (non-hydrogen) atoms. The summed E-state index contributed by atoms with van der Waals surface area (Å²) in [5.74, 6) is 2.40. The van der Waals surface area contributed by atoms with Gasteiger partial charge >= 0.3 is 0 Å². The molecule has 0 aliphatic heterocycles. The largest absolute Gasteiger partial charge is 0.457 e. The highest BCUT2D eigenvalue weighted by Crippen LogP contribution is 2.32. The maximum absolute atomic E-state index is 6.14. The molecular weight excluding hydrogens is 346 g/mol. The van der Waals surface area contributed by atoms with Gasteiger partial charge in [0.1, 0.15) is 17.2 Å². The Morgan fingerprint density at radius 2 is 1.62 bits per heavy atom. The molecule has 0 saturated heterocycles. The monoisotopic (exact) mass is 363 g/mol. The first kappa shape index (κ1) is 17.8. The predicted molar refractivity (Wildman–Crippen MR) is 107 cm³/mol. The average molecular weight is 364 g/mol. The average Bonchev–Trinajstić information content (AvgIpc) is 2.67. The van der Waals surface area contributed by atoms with Crippen LogP contribution in [-0.4, -0.2) is 5.90 Å². The number of aliphatic imine (C=N–C) groups is 1. The third-order valence-corrected chi connectivity index (χ3v) is 4.00. The Balaban J connectivity index is 1.88. The highest BCUT2D eigenvalue weighted by molar-refractivity contribution is 6.32. The van der Waals surface area contributed by atoms with E-state index >= 15 is 0 Å². The Morgan fingerprint density at radius 3 is 2.35 bits per heavy atom. The maximum Gasteiger partial charge on any atom is 0.219 e. The van der Waals surface area contributed by atoms with E-state index in [1.807, 2.05) is 67.6 Å². The van der Waals surface area contributed by atoms with Crippen LogP contribution in [0, 0.1) is 6.92 Å². The number of rotatable bonds is 5. The molecule has 0 spiro atoms. The van der Waals surface area contributed by atoms with Crippen LogP contribution in [0.25, 0.3) is 0 Å². The van der Waals surface area contributed by atoms with Crippen LogP contribution in [0.3, 0.4) is 0 Å². The van der Waals surface area contributed by atoms with Gasteiger partial charge in [-0.2, -0.15) is 0 Å². The fourth-order valence-corrected chi connectivity index (χ4v) is 2.49. The summed E-state index contributed by atoms with van der Waals surface area (Å²) in [6, 6.07) is 22.5. The Bertz CT molecular complexity index is 936. The molecule has 0 heterocycles. The molecule has 0 bridgehead atoms. The highest BCUT2D eigenvalue weighted by Gasteiger charge is 2.08. The van der Waals surface area contributed by atoms with Gasteiger partial charge in [-0.1, -0.05) is 54.6 Å². The zero-order valence-electron chi connectivity index (χ0n) is 14.4. The van der Waals surface area contributed by atoms with Gasteiger partial charge in [-0.05, 0) is 49.4 Å². The number of hydrogen-bond donors (Lipinski definition) is 0. The van der Waals surface area contributed by atoms with Crippen molar-refractivity contribution in [1.82, 2.24) is 0 Å². The predicted octanol–water partition coefficient (Wildman–Crippen LogP) is 6.74. The summed E-state index contributed by atoms with van der Waals surface area (Å²) in [5, 5.41) is 0.514. The summed E-state index contributed by atoms with van der Waals surface area (Å²) >= 11 is 6.14. The summed E-state index contributed by atoms with van der Waals surface area (Å²) < 4.78 is 11.7. The summed E-state index contributed by atoms with van der Waals surface area (Å²) in [6.45, 7) is 5.72. The molecule has 0 aromatic heterocycles. The lowest BCUT2D eigenvalue weighted by Gasteiger charge is -2.11. The second-order valence-corrected chi connectivity index (χ2v) is 5.91. The zero-order valence-corrected chi connectivity index (χ0v) is 15.1. The van der Waals surface area contributed by atoms with Crippen LogP contribution in [-0.2, 0) is 0 Å². The molecule has 3 aromatic rings. The van der Waals surface area contributed by atoms with E-state index in [9.17, 15) is 0 Å². The Morgan fingerprint density at radius 1 is 0.923 bits per heavy atom. The summed E-state index contributed by atoms with van der Waals surface area (Å²) in [7, 11) is 0. The molecule has 0 atom stereocenters. The van der Waals surface area contributed by atoms with Crippen molar-refractivity contribution >= 4 is 23.2 Å². The second-order valence-electron chi connectivity index (χ2n) is 5.50. The molecule has 3 rings (SSSR count). The van der Waals surface area contributed by atoms with Crippen molar-refractivity contribution in [3.8, 4) is 17.2 Å². The first-order valence-electron chi connectivity index (χ1n) is 8.13. The molecule has 0 unspecified atom stereocenters. The molecule has 3 nitrogen and oxygen atoms in total. The van der Waals surface area contributed by atoms with E-state index in [2.05, 4.69) is 11.6 Å². The first-order chi connectivity index (χ1) is 12.7. The smallest absolute Gasteiger partial charge is 0.219 e. The second kappa shape index (κ2) is 8.37. The Hall–Kier alpha value is -3.04. The number of ether oxygens (including phenoxy) is 2. The van der Waals surface area contributed by atoms with Crippen LogP contribution >= 0.6 is 11.6 Å². The lowest BCUT2D eigenvalue weighted by Crippen LogP contribution is -2.04. The van der Waals surface area contributed by atoms with E-state index in [4.69, 9.17) is 21.1 Å². The standard InChI is InChI=1S/C22H18ClNO2/c1-3-22(26-21-14-8-7-12-18(21)23)24-19-13-9-15-20(16(19)2)25-17-10-5-4-6-11-17/h3-15H,1H2,2H3. The number of benzene rings is 3. The Kier molecular flexibility index (Phi) is 5.72. The Labute approximate surface area is 158 Å². The van der Waals surface area contributed by atoms with Crippen LogP contribution < -0.4 is 9.47 Å². The van der Waals surface area contributed by atoms with Gasteiger partial charge < -0.3 is 9.47 Å².